The summed E-state index contributed by atoms with van der Waals surface area (Å²) in [5.41, 5.74) is 5.93. The molecule has 0 saturated carbocycles. The van der Waals surface area contributed by atoms with Crippen molar-refractivity contribution in [3.63, 3.8) is 0 Å². The summed E-state index contributed by atoms with van der Waals surface area (Å²) in [6.45, 7) is 0. The van der Waals surface area contributed by atoms with Crippen molar-refractivity contribution in [3.05, 3.63) is 56.7 Å². The fourth-order valence-corrected chi connectivity index (χ4v) is 2.68. The van der Waals surface area contributed by atoms with Crippen molar-refractivity contribution in [1.29, 1.82) is 0 Å². The Morgan fingerprint density at radius 1 is 1.21 bits per heavy atom. The Hall–Kier alpha value is -0.980. The molecule has 0 bridgehead atoms. The minimum absolute atomic E-state index is 0.102. The third kappa shape index (κ3) is 3.32. The van der Waals surface area contributed by atoms with Crippen LogP contribution in [0.25, 0.3) is 0 Å². The molecule has 98 valence electrons. The summed E-state index contributed by atoms with van der Waals surface area (Å²) in [7, 11) is 0. The van der Waals surface area contributed by atoms with Crippen LogP contribution in [-0.4, -0.2) is 4.99 Å². The molecule has 0 saturated heterocycles. The van der Waals surface area contributed by atoms with Gasteiger partial charge in [-0.3, -0.25) is 0 Å². The van der Waals surface area contributed by atoms with Gasteiger partial charge in [-0.15, -0.1) is 0 Å². The standard InChI is InChI=1S/C13H8Br2FNOS/c14-7-2-1-3-8(6-7)18-10-5-4-9(13(17)19)11(15)12(10)16/h1-6H,(H2,17,19). The molecule has 6 heteroatoms. The van der Waals surface area contributed by atoms with Gasteiger partial charge in [-0.2, -0.15) is 0 Å². The zero-order valence-corrected chi connectivity index (χ0v) is 13.5. The molecule has 0 unspecified atom stereocenters. The SMILES string of the molecule is NC(=S)c1ccc(Oc2cccc(Br)c2)c(F)c1Br. The van der Waals surface area contributed by atoms with Gasteiger partial charge in [0.15, 0.2) is 11.6 Å². The zero-order valence-electron chi connectivity index (χ0n) is 9.49. The molecular formula is C13H8Br2FNOS. The van der Waals surface area contributed by atoms with Crippen LogP contribution in [0.1, 0.15) is 5.56 Å². The van der Waals surface area contributed by atoms with Crippen molar-refractivity contribution in [2.75, 3.05) is 0 Å². The minimum atomic E-state index is -0.537. The Kier molecular flexibility index (Phi) is 4.54. The van der Waals surface area contributed by atoms with Crippen LogP contribution >= 0.6 is 44.1 Å². The summed E-state index contributed by atoms with van der Waals surface area (Å²) in [4.78, 5) is 0.125. The molecule has 2 N–H and O–H groups in total. The predicted octanol–water partition coefficient (Wildman–Crippen LogP) is 4.78. The maximum atomic E-state index is 14.1. The highest BCUT2D eigenvalue weighted by Crippen LogP contribution is 2.32. The quantitative estimate of drug-likeness (QED) is 0.747. The molecule has 2 nitrogen and oxygen atoms in total. The molecule has 0 aliphatic rings. The summed E-state index contributed by atoms with van der Waals surface area (Å²) < 4.78 is 20.6. The van der Waals surface area contributed by atoms with E-state index in [-0.39, 0.29) is 15.2 Å². The van der Waals surface area contributed by atoms with Gasteiger partial charge >= 0.3 is 0 Å². The number of nitrogens with two attached hydrogens (primary N) is 1. The number of halogens is 3. The third-order valence-corrected chi connectivity index (χ3v) is 3.82. The third-order valence-electron chi connectivity index (χ3n) is 2.34. The molecule has 0 spiro atoms. The fraction of sp³-hybridized carbons (Fsp3) is 0. The second-order valence-electron chi connectivity index (χ2n) is 3.66. The van der Waals surface area contributed by atoms with Crippen molar-refractivity contribution >= 4 is 49.1 Å². The largest absolute Gasteiger partial charge is 0.454 e. The normalized spacial score (nSPS) is 10.3. The monoisotopic (exact) mass is 403 g/mol. The van der Waals surface area contributed by atoms with Gasteiger partial charge in [0.1, 0.15) is 10.7 Å². The van der Waals surface area contributed by atoms with Crippen LogP contribution in [0, 0.1) is 5.82 Å². The summed E-state index contributed by atoms with van der Waals surface area (Å²) in [5, 5.41) is 0. The van der Waals surface area contributed by atoms with Crippen LogP contribution in [-0.2, 0) is 0 Å². The number of ether oxygens (including phenoxy) is 1. The molecule has 19 heavy (non-hydrogen) atoms. The van der Waals surface area contributed by atoms with Crippen LogP contribution in [0.15, 0.2) is 45.3 Å². The minimum Gasteiger partial charge on any atom is -0.454 e. The maximum Gasteiger partial charge on any atom is 0.180 e. The van der Waals surface area contributed by atoms with Crippen molar-refractivity contribution in [1.82, 2.24) is 0 Å². The van der Waals surface area contributed by atoms with E-state index < -0.39 is 5.82 Å². The van der Waals surface area contributed by atoms with Gasteiger partial charge in [0.2, 0.25) is 0 Å². The lowest BCUT2D eigenvalue weighted by Crippen LogP contribution is -2.11. The molecule has 2 aromatic carbocycles. The molecule has 0 fully saturated rings. The fourth-order valence-electron chi connectivity index (χ4n) is 1.46. The van der Waals surface area contributed by atoms with Gasteiger partial charge in [-0.25, -0.2) is 4.39 Å². The summed E-state index contributed by atoms with van der Waals surface area (Å²) in [6, 6.07) is 10.2. The van der Waals surface area contributed by atoms with E-state index in [1.54, 1.807) is 24.3 Å². The molecule has 2 aromatic rings. The van der Waals surface area contributed by atoms with E-state index in [0.717, 1.165) is 4.47 Å². The van der Waals surface area contributed by atoms with Crippen molar-refractivity contribution in [2.45, 2.75) is 0 Å². The summed E-state index contributed by atoms with van der Waals surface area (Å²) in [5.74, 6) is 0.0958. The summed E-state index contributed by atoms with van der Waals surface area (Å²) in [6.07, 6.45) is 0. The lowest BCUT2D eigenvalue weighted by atomic mass is 10.2. The molecule has 0 amide bonds. The smallest absolute Gasteiger partial charge is 0.180 e. The van der Waals surface area contributed by atoms with Gasteiger partial charge in [-0.05, 0) is 46.3 Å². The molecule has 0 aliphatic heterocycles. The first-order chi connectivity index (χ1) is 8.99. The van der Waals surface area contributed by atoms with E-state index in [1.807, 2.05) is 6.07 Å². The van der Waals surface area contributed by atoms with Gasteiger partial charge in [0, 0.05) is 10.0 Å². The predicted molar refractivity (Wildman–Crippen MR) is 84.2 cm³/mol. The van der Waals surface area contributed by atoms with E-state index in [4.69, 9.17) is 22.7 Å². The topological polar surface area (TPSA) is 35.2 Å². The maximum absolute atomic E-state index is 14.1. The lowest BCUT2D eigenvalue weighted by Gasteiger charge is -2.10. The molecule has 2 rings (SSSR count). The number of hydrogen-bond donors (Lipinski definition) is 1. The Morgan fingerprint density at radius 3 is 2.58 bits per heavy atom. The van der Waals surface area contributed by atoms with Crippen molar-refractivity contribution in [3.8, 4) is 11.5 Å². The highest BCUT2D eigenvalue weighted by atomic mass is 79.9. The number of benzene rings is 2. The zero-order chi connectivity index (χ0) is 14.0. The average Bonchev–Trinajstić information content (AvgIpc) is 2.35. The van der Waals surface area contributed by atoms with Crippen LogP contribution in [0.2, 0.25) is 0 Å². The van der Waals surface area contributed by atoms with Crippen LogP contribution in [0.5, 0.6) is 11.5 Å². The van der Waals surface area contributed by atoms with Gasteiger partial charge in [0.25, 0.3) is 0 Å². The highest BCUT2D eigenvalue weighted by molar-refractivity contribution is 9.10. The Balaban J connectivity index is 2.37. The lowest BCUT2D eigenvalue weighted by molar-refractivity contribution is 0.440. The first kappa shape index (κ1) is 14.4. The number of rotatable bonds is 3. The second-order valence-corrected chi connectivity index (χ2v) is 5.81. The van der Waals surface area contributed by atoms with E-state index >= 15 is 0 Å². The van der Waals surface area contributed by atoms with E-state index in [9.17, 15) is 4.39 Å². The molecule has 0 atom stereocenters. The van der Waals surface area contributed by atoms with E-state index in [0.29, 0.717) is 11.3 Å². The Labute approximate surface area is 132 Å². The highest BCUT2D eigenvalue weighted by Gasteiger charge is 2.14. The first-order valence-electron chi connectivity index (χ1n) is 5.20. The van der Waals surface area contributed by atoms with Crippen LogP contribution in [0.3, 0.4) is 0 Å². The molecule has 0 aromatic heterocycles. The number of hydrogen-bond acceptors (Lipinski definition) is 2. The summed E-state index contributed by atoms with van der Waals surface area (Å²) >= 11 is 11.3. The molecular weight excluding hydrogens is 397 g/mol. The van der Waals surface area contributed by atoms with Crippen molar-refractivity contribution in [2.24, 2.45) is 5.73 Å². The van der Waals surface area contributed by atoms with Gasteiger partial charge in [-0.1, -0.05) is 34.2 Å². The van der Waals surface area contributed by atoms with E-state index in [2.05, 4.69) is 31.9 Å². The first-order valence-corrected chi connectivity index (χ1v) is 7.19. The van der Waals surface area contributed by atoms with Crippen molar-refractivity contribution < 1.29 is 9.13 Å². The Morgan fingerprint density at radius 2 is 1.95 bits per heavy atom. The van der Waals surface area contributed by atoms with Crippen LogP contribution < -0.4 is 10.5 Å². The van der Waals surface area contributed by atoms with E-state index in [1.165, 1.54) is 6.07 Å². The molecule has 0 heterocycles. The van der Waals surface area contributed by atoms with Gasteiger partial charge < -0.3 is 10.5 Å². The van der Waals surface area contributed by atoms with Gasteiger partial charge in [0.05, 0.1) is 4.47 Å². The molecule has 0 radical (unpaired) electrons. The molecule has 0 aliphatic carbocycles. The van der Waals surface area contributed by atoms with Crippen LogP contribution in [0.4, 0.5) is 4.39 Å². The average molecular weight is 405 g/mol. The Bertz CT molecular complexity index is 649. The number of thiocarbonyl (C=S) groups is 1. The second kappa shape index (κ2) is 5.98.